The van der Waals surface area contributed by atoms with E-state index in [4.69, 9.17) is 9.97 Å². The lowest BCUT2D eigenvalue weighted by Gasteiger charge is -2.05. The van der Waals surface area contributed by atoms with Gasteiger partial charge in [-0.2, -0.15) is 0 Å². The van der Waals surface area contributed by atoms with E-state index in [-0.39, 0.29) is 0 Å². The van der Waals surface area contributed by atoms with Gasteiger partial charge >= 0.3 is 0 Å². The van der Waals surface area contributed by atoms with Gasteiger partial charge in [0.15, 0.2) is 5.82 Å². The fourth-order valence-corrected chi connectivity index (χ4v) is 3.16. The minimum Gasteiger partial charge on any atom is -0.356 e. The summed E-state index contributed by atoms with van der Waals surface area (Å²) >= 11 is 0. The predicted octanol–water partition coefficient (Wildman–Crippen LogP) is 5.22. The molecule has 0 aliphatic heterocycles. The number of aromatic amines is 1. The number of rotatable bonds is 2. The van der Waals surface area contributed by atoms with Crippen LogP contribution < -0.4 is 0 Å². The van der Waals surface area contributed by atoms with E-state index in [9.17, 15) is 0 Å². The van der Waals surface area contributed by atoms with Crippen LogP contribution in [0.15, 0.2) is 54.6 Å². The molecule has 24 heavy (non-hydrogen) atoms. The van der Waals surface area contributed by atoms with E-state index in [1.54, 1.807) is 0 Å². The van der Waals surface area contributed by atoms with E-state index in [1.807, 2.05) is 30.3 Å². The molecular formula is C21H19N3. The summed E-state index contributed by atoms with van der Waals surface area (Å²) in [4.78, 5) is 13.1. The summed E-state index contributed by atoms with van der Waals surface area (Å²) in [7, 11) is 0. The topological polar surface area (TPSA) is 41.6 Å². The molecule has 3 heteroatoms. The number of nitrogens with zero attached hydrogens (tertiary/aromatic N) is 2. The van der Waals surface area contributed by atoms with Gasteiger partial charge in [0.2, 0.25) is 0 Å². The second-order valence-electron chi connectivity index (χ2n) is 6.21. The third-order valence-electron chi connectivity index (χ3n) is 4.39. The first-order valence-corrected chi connectivity index (χ1v) is 8.13. The lowest BCUT2D eigenvalue weighted by atomic mass is 10.1. The number of aromatic nitrogens is 3. The molecular weight excluding hydrogens is 294 g/mol. The highest BCUT2D eigenvalue weighted by Gasteiger charge is 2.16. The molecule has 1 N–H and O–H groups in total. The fourth-order valence-electron chi connectivity index (χ4n) is 3.16. The Kier molecular flexibility index (Phi) is 3.42. The summed E-state index contributed by atoms with van der Waals surface area (Å²) < 4.78 is 0. The van der Waals surface area contributed by atoms with E-state index < -0.39 is 0 Å². The Morgan fingerprint density at radius 1 is 0.750 bits per heavy atom. The highest BCUT2D eigenvalue weighted by Crippen LogP contribution is 2.32. The van der Waals surface area contributed by atoms with Crippen molar-refractivity contribution in [2.75, 3.05) is 0 Å². The lowest BCUT2D eigenvalue weighted by Crippen LogP contribution is -1.93. The fraction of sp³-hybridized carbons (Fsp3) is 0.143. The summed E-state index contributed by atoms with van der Waals surface area (Å²) in [6.45, 7) is 6.23. The Morgan fingerprint density at radius 3 is 2.17 bits per heavy atom. The van der Waals surface area contributed by atoms with Crippen molar-refractivity contribution in [3.63, 3.8) is 0 Å². The van der Waals surface area contributed by atoms with Crippen LogP contribution in [0.4, 0.5) is 0 Å². The highest BCUT2D eigenvalue weighted by atomic mass is 14.9. The first-order chi connectivity index (χ1) is 11.6. The summed E-state index contributed by atoms with van der Waals surface area (Å²) in [5.74, 6) is 0.771. The zero-order chi connectivity index (χ0) is 16.7. The third-order valence-corrected chi connectivity index (χ3v) is 4.39. The molecule has 0 bridgehead atoms. The molecule has 0 spiro atoms. The summed E-state index contributed by atoms with van der Waals surface area (Å²) in [6, 6.07) is 18.7. The molecule has 0 unspecified atom stereocenters. The molecule has 4 rings (SSSR count). The van der Waals surface area contributed by atoms with E-state index in [0.29, 0.717) is 0 Å². The van der Waals surface area contributed by atoms with E-state index in [2.05, 4.69) is 50.0 Å². The maximum absolute atomic E-state index is 4.88. The minimum atomic E-state index is 0.771. The number of hydrogen-bond acceptors (Lipinski definition) is 2. The molecule has 0 fully saturated rings. The number of nitrogens with one attached hydrogen (secondary N) is 1. The van der Waals surface area contributed by atoms with Crippen LogP contribution in [0, 0.1) is 20.8 Å². The zero-order valence-corrected chi connectivity index (χ0v) is 14.1. The highest BCUT2D eigenvalue weighted by molar-refractivity contribution is 5.96. The number of H-pyrrole nitrogens is 1. The lowest BCUT2D eigenvalue weighted by molar-refractivity contribution is 1.16. The van der Waals surface area contributed by atoms with Crippen molar-refractivity contribution in [3.05, 3.63) is 71.5 Å². The van der Waals surface area contributed by atoms with Crippen molar-refractivity contribution in [1.82, 2.24) is 15.0 Å². The van der Waals surface area contributed by atoms with E-state index in [0.717, 1.165) is 44.9 Å². The van der Waals surface area contributed by atoms with Gasteiger partial charge in [-0.3, -0.25) is 0 Å². The van der Waals surface area contributed by atoms with Gasteiger partial charge in [-0.1, -0.05) is 60.2 Å². The van der Waals surface area contributed by atoms with Crippen LogP contribution >= 0.6 is 0 Å². The molecule has 0 radical (unpaired) electrons. The average Bonchev–Trinajstić information content (AvgIpc) is 2.93. The second-order valence-corrected chi connectivity index (χ2v) is 6.21. The monoisotopic (exact) mass is 313 g/mol. The number of aryl methyl sites for hydroxylation is 3. The van der Waals surface area contributed by atoms with Gasteiger partial charge in [-0.15, -0.1) is 0 Å². The molecule has 0 saturated carbocycles. The molecule has 4 aromatic rings. The molecule has 3 nitrogen and oxygen atoms in total. The van der Waals surface area contributed by atoms with Gasteiger partial charge in [-0.25, -0.2) is 9.97 Å². The van der Waals surface area contributed by atoms with E-state index >= 15 is 0 Å². The zero-order valence-electron chi connectivity index (χ0n) is 14.1. The number of benzene rings is 2. The maximum atomic E-state index is 4.88. The van der Waals surface area contributed by atoms with Crippen LogP contribution in [-0.2, 0) is 0 Å². The molecule has 0 aliphatic rings. The Labute approximate surface area is 141 Å². The quantitative estimate of drug-likeness (QED) is 0.551. The summed E-state index contributed by atoms with van der Waals surface area (Å²) in [6.07, 6.45) is 0. The molecule has 0 aliphatic carbocycles. The Balaban J connectivity index is 1.98. The molecule has 118 valence electrons. The smallest absolute Gasteiger partial charge is 0.160 e. The van der Waals surface area contributed by atoms with Crippen LogP contribution in [0.5, 0.6) is 0 Å². The summed E-state index contributed by atoms with van der Waals surface area (Å²) in [5.41, 5.74) is 7.60. The van der Waals surface area contributed by atoms with Gasteiger partial charge in [0, 0.05) is 22.2 Å². The van der Waals surface area contributed by atoms with Crippen LogP contribution in [-0.4, -0.2) is 15.0 Å². The minimum absolute atomic E-state index is 0.771. The predicted molar refractivity (Wildman–Crippen MR) is 99.0 cm³/mol. The van der Waals surface area contributed by atoms with Crippen LogP contribution in [0.2, 0.25) is 0 Å². The van der Waals surface area contributed by atoms with Crippen molar-refractivity contribution in [3.8, 4) is 22.6 Å². The number of fused-ring (bicyclic) bond motifs is 1. The van der Waals surface area contributed by atoms with Gasteiger partial charge in [0.05, 0.1) is 11.4 Å². The standard InChI is InChI=1S/C21H19N3/c1-13-9-11-16(12-10-13)19-20-18(14(2)22-19)15(3)23-21(24-20)17-7-5-4-6-8-17/h4-12,22H,1-3H3. The van der Waals surface area contributed by atoms with Gasteiger partial charge in [0.25, 0.3) is 0 Å². The largest absolute Gasteiger partial charge is 0.356 e. The van der Waals surface area contributed by atoms with Gasteiger partial charge in [-0.05, 0) is 20.8 Å². The first-order valence-electron chi connectivity index (χ1n) is 8.13. The van der Waals surface area contributed by atoms with Crippen molar-refractivity contribution in [1.29, 1.82) is 0 Å². The van der Waals surface area contributed by atoms with Crippen molar-refractivity contribution >= 4 is 10.9 Å². The van der Waals surface area contributed by atoms with Gasteiger partial charge in [0.1, 0.15) is 5.52 Å². The maximum Gasteiger partial charge on any atom is 0.160 e. The Hall–Kier alpha value is -2.94. The van der Waals surface area contributed by atoms with Crippen LogP contribution in [0.3, 0.4) is 0 Å². The Morgan fingerprint density at radius 2 is 1.46 bits per heavy atom. The molecule has 0 amide bonds. The van der Waals surface area contributed by atoms with Gasteiger partial charge < -0.3 is 4.98 Å². The van der Waals surface area contributed by atoms with Crippen molar-refractivity contribution in [2.24, 2.45) is 0 Å². The molecule has 0 saturated heterocycles. The molecule has 0 atom stereocenters. The summed E-state index contributed by atoms with van der Waals surface area (Å²) in [5, 5.41) is 1.12. The third kappa shape index (κ3) is 2.38. The van der Waals surface area contributed by atoms with Crippen molar-refractivity contribution in [2.45, 2.75) is 20.8 Å². The second kappa shape index (κ2) is 5.60. The van der Waals surface area contributed by atoms with E-state index in [1.165, 1.54) is 5.56 Å². The molecule has 2 heterocycles. The number of hydrogen-bond donors (Lipinski definition) is 1. The van der Waals surface area contributed by atoms with Crippen molar-refractivity contribution < 1.29 is 0 Å². The first kappa shape index (κ1) is 14.6. The molecule has 2 aromatic carbocycles. The molecule has 2 aromatic heterocycles. The SMILES string of the molecule is Cc1ccc(-c2[nH]c(C)c3c(C)nc(-c4ccccc4)nc23)cc1. The normalized spacial score (nSPS) is 11.1. The van der Waals surface area contributed by atoms with Crippen LogP contribution in [0.1, 0.15) is 17.0 Å². The van der Waals surface area contributed by atoms with Crippen LogP contribution in [0.25, 0.3) is 33.5 Å². The average molecular weight is 313 g/mol. The Bertz CT molecular complexity index is 1010.